The van der Waals surface area contributed by atoms with Crippen LogP contribution in [0.2, 0.25) is 0 Å². The molecule has 3 aromatic rings. The van der Waals surface area contributed by atoms with Crippen LogP contribution in [0.1, 0.15) is 12.0 Å². The van der Waals surface area contributed by atoms with E-state index >= 15 is 0 Å². The zero-order valence-corrected chi connectivity index (χ0v) is 14.0. The highest BCUT2D eigenvalue weighted by molar-refractivity contribution is 5.83. The third-order valence-electron chi connectivity index (χ3n) is 4.60. The lowest BCUT2D eigenvalue weighted by molar-refractivity contribution is 0.202. The topological polar surface area (TPSA) is 49.1 Å². The molecule has 0 radical (unpaired) electrons. The number of rotatable bonds is 6. The summed E-state index contributed by atoms with van der Waals surface area (Å²) in [6.07, 6.45) is 4.04. The van der Waals surface area contributed by atoms with Crippen molar-refractivity contribution in [2.45, 2.75) is 18.9 Å². The summed E-state index contributed by atoms with van der Waals surface area (Å²) in [6, 6.07) is 12.9. The third kappa shape index (κ3) is 3.61. The predicted octanol–water partition coefficient (Wildman–Crippen LogP) is 3.70. The molecule has 1 aliphatic heterocycles. The Morgan fingerprint density at radius 2 is 2.12 bits per heavy atom. The van der Waals surface area contributed by atoms with Crippen LogP contribution in [0.25, 0.3) is 10.9 Å². The second kappa shape index (κ2) is 7.15. The molecule has 1 aromatic heterocycles. The molecule has 4 nitrogen and oxygen atoms in total. The quantitative estimate of drug-likeness (QED) is 0.600. The molecule has 0 fully saturated rings. The van der Waals surface area contributed by atoms with Gasteiger partial charge in [0.1, 0.15) is 17.7 Å². The number of fused-ring (bicyclic) bond motifs is 2. The van der Waals surface area contributed by atoms with Gasteiger partial charge in [-0.25, -0.2) is 4.39 Å². The molecule has 0 spiro atoms. The van der Waals surface area contributed by atoms with E-state index in [1.165, 1.54) is 11.6 Å². The molecule has 0 amide bonds. The predicted molar refractivity (Wildman–Crippen MR) is 98.8 cm³/mol. The number of aromatic nitrogens is 1. The standard InChI is InChI=1S/C20H22FN3O/c21-15-7-8-18-17(10-15)14(11-23-18)4-3-9-22-12-16-13-24-19-5-1-2-6-20(19)25-16/h1-2,5-8,10-11,16,22-24H,3-4,9,12-13H2. The SMILES string of the molecule is Fc1ccc2[nH]cc(CCCNCC3CNc4ccccc4O3)c2c1. The van der Waals surface area contributed by atoms with Gasteiger partial charge in [0.2, 0.25) is 0 Å². The van der Waals surface area contributed by atoms with Crippen LogP contribution < -0.4 is 15.4 Å². The highest BCUT2D eigenvalue weighted by Gasteiger charge is 2.17. The van der Waals surface area contributed by atoms with Crippen molar-refractivity contribution in [2.75, 3.05) is 25.0 Å². The summed E-state index contributed by atoms with van der Waals surface area (Å²) in [6.45, 7) is 2.53. The summed E-state index contributed by atoms with van der Waals surface area (Å²) in [5.41, 5.74) is 3.22. The van der Waals surface area contributed by atoms with Crippen LogP contribution >= 0.6 is 0 Å². The Labute approximate surface area is 146 Å². The first-order valence-electron chi connectivity index (χ1n) is 8.75. The zero-order chi connectivity index (χ0) is 17.1. The molecule has 2 heterocycles. The monoisotopic (exact) mass is 339 g/mol. The molecule has 0 aliphatic carbocycles. The van der Waals surface area contributed by atoms with Crippen LogP contribution in [0.5, 0.6) is 5.75 Å². The second-order valence-electron chi connectivity index (χ2n) is 6.43. The van der Waals surface area contributed by atoms with Crippen molar-refractivity contribution in [1.82, 2.24) is 10.3 Å². The van der Waals surface area contributed by atoms with Crippen LogP contribution in [0, 0.1) is 5.82 Å². The number of hydrogen-bond acceptors (Lipinski definition) is 3. The summed E-state index contributed by atoms with van der Waals surface area (Å²) < 4.78 is 19.4. The van der Waals surface area contributed by atoms with E-state index in [1.807, 2.05) is 30.5 Å². The van der Waals surface area contributed by atoms with Crippen LogP contribution in [-0.2, 0) is 6.42 Å². The van der Waals surface area contributed by atoms with Gasteiger partial charge in [-0.3, -0.25) is 0 Å². The van der Waals surface area contributed by atoms with Gasteiger partial charge in [-0.1, -0.05) is 12.1 Å². The number of hydrogen-bond donors (Lipinski definition) is 3. The normalized spacial score (nSPS) is 16.3. The Hall–Kier alpha value is -2.53. The number of benzene rings is 2. The highest BCUT2D eigenvalue weighted by Crippen LogP contribution is 2.27. The van der Waals surface area contributed by atoms with Gasteiger partial charge >= 0.3 is 0 Å². The fourth-order valence-electron chi connectivity index (χ4n) is 3.30. The van der Waals surface area contributed by atoms with Crippen molar-refractivity contribution in [3.8, 4) is 5.75 Å². The van der Waals surface area contributed by atoms with Gasteiger partial charge in [0.15, 0.2) is 0 Å². The maximum Gasteiger partial charge on any atom is 0.142 e. The number of nitrogens with one attached hydrogen (secondary N) is 3. The van der Waals surface area contributed by atoms with E-state index in [0.29, 0.717) is 0 Å². The molecule has 1 unspecified atom stereocenters. The Morgan fingerprint density at radius 3 is 3.08 bits per heavy atom. The summed E-state index contributed by atoms with van der Waals surface area (Å²) in [4.78, 5) is 3.20. The van der Waals surface area contributed by atoms with Crippen molar-refractivity contribution >= 4 is 16.6 Å². The van der Waals surface area contributed by atoms with Crippen molar-refractivity contribution < 1.29 is 9.13 Å². The van der Waals surface area contributed by atoms with Gasteiger partial charge < -0.3 is 20.4 Å². The summed E-state index contributed by atoms with van der Waals surface area (Å²) >= 11 is 0. The van der Waals surface area contributed by atoms with E-state index in [4.69, 9.17) is 4.74 Å². The lowest BCUT2D eigenvalue weighted by atomic mass is 10.1. The van der Waals surface area contributed by atoms with Crippen molar-refractivity contribution in [2.24, 2.45) is 0 Å². The van der Waals surface area contributed by atoms with E-state index in [-0.39, 0.29) is 11.9 Å². The molecule has 1 aliphatic rings. The number of H-pyrrole nitrogens is 1. The first-order valence-corrected chi connectivity index (χ1v) is 8.75. The van der Waals surface area contributed by atoms with Gasteiger partial charge in [0.05, 0.1) is 12.2 Å². The van der Waals surface area contributed by atoms with Crippen LogP contribution in [0.15, 0.2) is 48.7 Å². The molecule has 1 atom stereocenters. The molecular formula is C20H22FN3O. The number of aryl methyl sites for hydroxylation is 1. The lowest BCUT2D eigenvalue weighted by Gasteiger charge is -2.27. The minimum atomic E-state index is -0.186. The number of para-hydroxylation sites is 2. The summed E-state index contributed by atoms with van der Waals surface area (Å²) in [5.74, 6) is 0.732. The van der Waals surface area contributed by atoms with Gasteiger partial charge in [0, 0.05) is 23.6 Å². The fraction of sp³-hybridized carbons (Fsp3) is 0.300. The number of aromatic amines is 1. The Kier molecular flexibility index (Phi) is 4.57. The van der Waals surface area contributed by atoms with Gasteiger partial charge in [-0.2, -0.15) is 0 Å². The molecule has 25 heavy (non-hydrogen) atoms. The lowest BCUT2D eigenvalue weighted by Crippen LogP contribution is -2.39. The Bertz CT molecular complexity index is 861. The van der Waals surface area contributed by atoms with Crippen LogP contribution in [0.3, 0.4) is 0 Å². The average Bonchev–Trinajstić information content (AvgIpc) is 3.03. The molecule has 0 saturated carbocycles. The summed E-state index contributed by atoms with van der Waals surface area (Å²) in [7, 11) is 0. The first-order chi connectivity index (χ1) is 12.3. The largest absolute Gasteiger partial charge is 0.485 e. The molecule has 130 valence electrons. The van der Waals surface area contributed by atoms with E-state index in [2.05, 4.69) is 15.6 Å². The average molecular weight is 339 g/mol. The number of anilines is 1. The molecule has 2 aromatic carbocycles. The van der Waals surface area contributed by atoms with Crippen molar-refractivity contribution in [3.05, 3.63) is 60.0 Å². The maximum atomic E-state index is 13.4. The Morgan fingerprint density at radius 1 is 1.20 bits per heavy atom. The molecule has 3 N–H and O–H groups in total. The van der Waals surface area contributed by atoms with E-state index < -0.39 is 0 Å². The van der Waals surface area contributed by atoms with Crippen LogP contribution in [-0.4, -0.2) is 30.7 Å². The summed E-state index contributed by atoms with van der Waals surface area (Å²) in [5, 5.41) is 7.84. The molecule has 5 heteroatoms. The molecule has 4 rings (SSSR count). The second-order valence-corrected chi connectivity index (χ2v) is 6.43. The Balaban J connectivity index is 1.23. The third-order valence-corrected chi connectivity index (χ3v) is 4.60. The maximum absolute atomic E-state index is 13.4. The van der Waals surface area contributed by atoms with Gasteiger partial charge in [0.25, 0.3) is 0 Å². The fourth-order valence-corrected chi connectivity index (χ4v) is 3.30. The molecule has 0 bridgehead atoms. The van der Waals surface area contributed by atoms with E-state index in [1.54, 1.807) is 12.1 Å². The minimum absolute atomic E-state index is 0.136. The van der Waals surface area contributed by atoms with E-state index in [9.17, 15) is 4.39 Å². The zero-order valence-electron chi connectivity index (χ0n) is 14.0. The first kappa shape index (κ1) is 16.0. The van der Waals surface area contributed by atoms with Gasteiger partial charge in [-0.05, 0) is 55.3 Å². The van der Waals surface area contributed by atoms with Gasteiger partial charge in [-0.15, -0.1) is 0 Å². The minimum Gasteiger partial charge on any atom is -0.485 e. The number of ether oxygens (including phenoxy) is 1. The van der Waals surface area contributed by atoms with E-state index in [0.717, 1.165) is 54.8 Å². The van der Waals surface area contributed by atoms with Crippen LogP contribution in [0.4, 0.5) is 10.1 Å². The smallest absolute Gasteiger partial charge is 0.142 e. The molecular weight excluding hydrogens is 317 g/mol. The van der Waals surface area contributed by atoms with Crippen molar-refractivity contribution in [1.29, 1.82) is 0 Å². The highest BCUT2D eigenvalue weighted by atomic mass is 19.1. The number of halogens is 1. The van der Waals surface area contributed by atoms with Crippen molar-refractivity contribution in [3.63, 3.8) is 0 Å². The molecule has 0 saturated heterocycles.